The Kier molecular flexibility index (Phi) is 4.59. The van der Waals surface area contributed by atoms with E-state index in [1.54, 1.807) is 17.1 Å². The van der Waals surface area contributed by atoms with Crippen molar-refractivity contribution in [2.45, 2.75) is 37.2 Å². The Morgan fingerprint density at radius 3 is 2.90 bits per heavy atom. The summed E-state index contributed by atoms with van der Waals surface area (Å²) in [7, 11) is -3.71. The molecule has 0 aliphatic carbocycles. The molecule has 1 atom stereocenters. The molecular formula is C20H20N6O3S. The zero-order valence-corrected chi connectivity index (χ0v) is 17.2. The molecule has 0 spiro atoms. The predicted molar refractivity (Wildman–Crippen MR) is 109 cm³/mol. The van der Waals surface area contributed by atoms with E-state index in [2.05, 4.69) is 20.3 Å². The Morgan fingerprint density at radius 2 is 2.07 bits per heavy atom. The van der Waals surface area contributed by atoms with Crippen molar-refractivity contribution in [2.75, 3.05) is 6.54 Å². The van der Waals surface area contributed by atoms with Gasteiger partial charge >= 0.3 is 0 Å². The minimum atomic E-state index is -3.71. The van der Waals surface area contributed by atoms with Crippen molar-refractivity contribution in [1.82, 2.24) is 29.3 Å². The Labute approximate surface area is 173 Å². The van der Waals surface area contributed by atoms with Gasteiger partial charge in [-0.2, -0.15) is 9.40 Å². The minimum absolute atomic E-state index is 0.173. The highest BCUT2D eigenvalue weighted by atomic mass is 32.2. The second-order valence-corrected chi connectivity index (χ2v) is 9.02. The average Bonchev–Trinajstić information content (AvgIpc) is 3.53. The van der Waals surface area contributed by atoms with Gasteiger partial charge < -0.3 is 4.42 Å². The fourth-order valence-electron chi connectivity index (χ4n) is 3.82. The van der Waals surface area contributed by atoms with Crippen molar-refractivity contribution in [3.63, 3.8) is 0 Å². The Bertz CT molecular complexity index is 1310. The summed E-state index contributed by atoms with van der Waals surface area (Å²) in [6.07, 6.45) is 5.96. The molecular weight excluding hydrogens is 404 g/mol. The van der Waals surface area contributed by atoms with Crippen LogP contribution in [0.1, 0.15) is 31.7 Å². The average molecular weight is 424 g/mol. The smallest absolute Gasteiger partial charge is 0.266 e. The largest absolute Gasteiger partial charge is 0.417 e. The topological polar surface area (TPSA) is 107 Å². The molecule has 1 aliphatic heterocycles. The molecule has 9 nitrogen and oxygen atoms in total. The van der Waals surface area contributed by atoms with E-state index < -0.39 is 16.1 Å². The van der Waals surface area contributed by atoms with Gasteiger partial charge in [0.2, 0.25) is 15.9 Å². The fourth-order valence-corrected chi connectivity index (χ4v) is 5.42. The molecule has 0 bridgehead atoms. The van der Waals surface area contributed by atoms with Crippen LogP contribution in [0.4, 0.5) is 0 Å². The highest BCUT2D eigenvalue weighted by molar-refractivity contribution is 7.89. The normalized spacial score (nSPS) is 17.7. The van der Waals surface area contributed by atoms with Gasteiger partial charge in [0.05, 0.1) is 6.20 Å². The lowest BCUT2D eigenvalue weighted by atomic mass is 10.1. The van der Waals surface area contributed by atoms with Crippen molar-refractivity contribution in [3.05, 3.63) is 54.8 Å². The molecule has 5 rings (SSSR count). The first-order chi connectivity index (χ1) is 14.6. The summed E-state index contributed by atoms with van der Waals surface area (Å²) in [5, 5.41) is 14.4. The Morgan fingerprint density at radius 1 is 1.20 bits per heavy atom. The molecule has 0 N–H and O–H groups in total. The lowest BCUT2D eigenvalue weighted by Gasteiger charge is -2.20. The van der Waals surface area contributed by atoms with Gasteiger partial charge in [0, 0.05) is 30.9 Å². The SMILES string of the molecule is CCn1cc(S(=O)(=O)N2CCC[C@@H]2c2nnc(-c3nccc4ccccc34)o2)cn1. The van der Waals surface area contributed by atoms with Crippen molar-refractivity contribution in [2.24, 2.45) is 0 Å². The summed E-state index contributed by atoms with van der Waals surface area (Å²) in [5.74, 6) is 0.563. The third-order valence-corrected chi connectivity index (χ3v) is 7.21. The molecule has 1 saturated heterocycles. The van der Waals surface area contributed by atoms with E-state index in [0.717, 1.165) is 17.2 Å². The summed E-state index contributed by atoms with van der Waals surface area (Å²) in [5.41, 5.74) is 0.587. The molecule has 10 heteroatoms. The zero-order valence-electron chi connectivity index (χ0n) is 16.3. The van der Waals surface area contributed by atoms with E-state index in [9.17, 15) is 8.42 Å². The summed E-state index contributed by atoms with van der Waals surface area (Å²) >= 11 is 0. The van der Waals surface area contributed by atoms with Crippen molar-refractivity contribution in [3.8, 4) is 11.6 Å². The summed E-state index contributed by atoms with van der Waals surface area (Å²) < 4.78 is 35.3. The third-order valence-electron chi connectivity index (χ3n) is 5.35. The number of hydrogen-bond donors (Lipinski definition) is 0. The van der Waals surface area contributed by atoms with Gasteiger partial charge in [-0.25, -0.2) is 8.42 Å². The maximum absolute atomic E-state index is 13.2. The molecule has 4 aromatic rings. The highest BCUT2D eigenvalue weighted by Crippen LogP contribution is 2.37. The minimum Gasteiger partial charge on any atom is -0.417 e. The molecule has 30 heavy (non-hydrogen) atoms. The lowest BCUT2D eigenvalue weighted by Crippen LogP contribution is -2.30. The summed E-state index contributed by atoms with van der Waals surface area (Å²) in [6, 6.07) is 9.22. The number of aryl methyl sites for hydroxylation is 1. The molecule has 0 saturated carbocycles. The van der Waals surface area contributed by atoms with E-state index >= 15 is 0 Å². The van der Waals surface area contributed by atoms with Crippen molar-refractivity contribution >= 4 is 20.8 Å². The fraction of sp³-hybridized carbons (Fsp3) is 0.300. The first kappa shape index (κ1) is 18.9. The monoisotopic (exact) mass is 424 g/mol. The molecule has 0 amide bonds. The molecule has 1 fully saturated rings. The van der Waals surface area contributed by atoms with Gasteiger partial charge in [0.15, 0.2) is 0 Å². The highest BCUT2D eigenvalue weighted by Gasteiger charge is 2.40. The lowest BCUT2D eigenvalue weighted by molar-refractivity contribution is 0.332. The Hall–Kier alpha value is -3.11. The maximum atomic E-state index is 13.2. The van der Waals surface area contributed by atoms with Crippen LogP contribution in [-0.4, -0.2) is 44.2 Å². The number of hydrogen-bond acceptors (Lipinski definition) is 7. The van der Waals surface area contributed by atoms with Crippen LogP contribution in [0.15, 0.2) is 58.2 Å². The van der Waals surface area contributed by atoms with Crippen LogP contribution in [0.5, 0.6) is 0 Å². The van der Waals surface area contributed by atoms with Crippen molar-refractivity contribution < 1.29 is 12.8 Å². The van der Waals surface area contributed by atoms with Crippen LogP contribution in [-0.2, 0) is 16.6 Å². The van der Waals surface area contributed by atoms with Crippen molar-refractivity contribution in [1.29, 1.82) is 0 Å². The van der Waals surface area contributed by atoms with E-state index in [-0.39, 0.29) is 16.7 Å². The first-order valence-electron chi connectivity index (χ1n) is 9.80. The molecule has 3 aromatic heterocycles. The molecule has 4 heterocycles. The van der Waals surface area contributed by atoms with Gasteiger partial charge in [-0.15, -0.1) is 10.2 Å². The quantitative estimate of drug-likeness (QED) is 0.485. The van der Waals surface area contributed by atoms with Crippen LogP contribution >= 0.6 is 0 Å². The van der Waals surface area contributed by atoms with Crippen LogP contribution in [0.2, 0.25) is 0 Å². The number of nitrogens with zero attached hydrogens (tertiary/aromatic N) is 6. The van der Waals surface area contributed by atoms with Gasteiger partial charge in [0.1, 0.15) is 16.6 Å². The Balaban J connectivity index is 1.49. The second kappa shape index (κ2) is 7.29. The van der Waals surface area contributed by atoms with E-state index in [4.69, 9.17) is 4.42 Å². The van der Waals surface area contributed by atoms with E-state index in [1.807, 2.05) is 37.3 Å². The van der Waals surface area contributed by atoms with Crippen LogP contribution in [0, 0.1) is 0 Å². The molecule has 154 valence electrons. The van der Waals surface area contributed by atoms with Gasteiger partial charge in [0.25, 0.3) is 5.89 Å². The van der Waals surface area contributed by atoms with E-state index in [1.165, 1.54) is 10.5 Å². The number of aromatic nitrogens is 5. The number of fused-ring (bicyclic) bond motifs is 1. The van der Waals surface area contributed by atoms with Crippen LogP contribution in [0.3, 0.4) is 0 Å². The van der Waals surface area contributed by atoms with Crippen LogP contribution in [0.25, 0.3) is 22.4 Å². The molecule has 0 unspecified atom stereocenters. The summed E-state index contributed by atoms with van der Waals surface area (Å²) in [6.45, 7) is 2.90. The zero-order chi connectivity index (χ0) is 20.7. The molecule has 1 aromatic carbocycles. The standard InChI is InChI=1S/C20H20N6O3S/c1-2-25-13-15(12-22-25)30(27,28)26-11-5-8-17(26)19-23-24-20(29-19)18-16-7-4-3-6-14(16)9-10-21-18/h3-4,6-7,9-10,12-13,17H,2,5,8,11H2,1H3/t17-/m1/s1. The second-order valence-electron chi connectivity index (χ2n) is 7.13. The number of pyridine rings is 1. The number of rotatable bonds is 5. The number of sulfonamides is 1. The predicted octanol–water partition coefficient (Wildman–Crippen LogP) is 3.03. The third kappa shape index (κ3) is 3.08. The molecule has 0 radical (unpaired) electrons. The van der Waals surface area contributed by atoms with Crippen LogP contribution < -0.4 is 0 Å². The van der Waals surface area contributed by atoms with Gasteiger partial charge in [-0.3, -0.25) is 9.67 Å². The molecule has 1 aliphatic rings. The summed E-state index contributed by atoms with van der Waals surface area (Å²) in [4.78, 5) is 4.58. The number of benzene rings is 1. The van der Waals surface area contributed by atoms with Gasteiger partial charge in [-0.1, -0.05) is 24.3 Å². The van der Waals surface area contributed by atoms with Gasteiger partial charge in [-0.05, 0) is 31.2 Å². The van der Waals surface area contributed by atoms with E-state index in [0.29, 0.717) is 25.2 Å². The maximum Gasteiger partial charge on any atom is 0.266 e. The first-order valence-corrected chi connectivity index (χ1v) is 11.2.